The number of ether oxygens (including phenoxy) is 2. The van der Waals surface area contributed by atoms with Crippen molar-refractivity contribution in [1.29, 1.82) is 0 Å². The number of unbranched alkanes of at least 4 members (excludes halogenated alkanes) is 20. The van der Waals surface area contributed by atoms with E-state index in [0.29, 0.717) is 23.9 Å². The first kappa shape index (κ1) is 45.7. The third-order valence-corrected chi connectivity index (χ3v) is 9.06. The highest BCUT2D eigenvalue weighted by Gasteiger charge is 2.21. The van der Waals surface area contributed by atoms with Crippen LogP contribution in [-0.4, -0.2) is 76.3 Å². The second-order valence-electron chi connectivity index (χ2n) is 13.9. The van der Waals surface area contributed by atoms with Crippen LogP contribution in [0.2, 0.25) is 0 Å². The Bertz CT molecular complexity index is 819. The third kappa shape index (κ3) is 34.3. The number of phosphoric ester groups is 1. The smallest absolute Gasteiger partial charge is 0.306 e. The van der Waals surface area contributed by atoms with E-state index < -0.39 is 32.5 Å². The van der Waals surface area contributed by atoms with E-state index in [-0.39, 0.29) is 26.1 Å². The lowest BCUT2D eigenvalue weighted by molar-refractivity contribution is -0.870. The number of likely N-dealkylation sites (N-methyl/N-ethyl adjacent to an activating group) is 1. The van der Waals surface area contributed by atoms with Crippen molar-refractivity contribution in [2.45, 2.75) is 167 Å². The predicted molar refractivity (Wildman–Crippen MR) is 186 cm³/mol. The highest BCUT2D eigenvalue weighted by Crippen LogP contribution is 2.38. The molecule has 0 aromatic heterocycles. The minimum atomic E-state index is -4.62. The topological polar surface area (TPSA) is 128 Å². The van der Waals surface area contributed by atoms with Crippen molar-refractivity contribution in [2.24, 2.45) is 0 Å². The Morgan fingerprint density at radius 3 is 1.57 bits per heavy atom. The van der Waals surface area contributed by atoms with Crippen molar-refractivity contribution in [3.8, 4) is 0 Å². The molecule has 0 amide bonds. The zero-order chi connectivity index (χ0) is 35.1. The van der Waals surface area contributed by atoms with Gasteiger partial charge < -0.3 is 32.7 Å². The summed E-state index contributed by atoms with van der Waals surface area (Å²) in [6.45, 7) is 1.92. The van der Waals surface area contributed by atoms with Crippen LogP contribution < -0.4 is 4.89 Å². The summed E-state index contributed by atoms with van der Waals surface area (Å²) in [7, 11) is 1.13. The highest BCUT2D eigenvalue weighted by molar-refractivity contribution is 7.45. The van der Waals surface area contributed by atoms with E-state index in [9.17, 15) is 23.8 Å². The van der Waals surface area contributed by atoms with Crippen LogP contribution in [0.15, 0.2) is 0 Å². The molecule has 1 unspecified atom stereocenters. The number of phosphoric acid groups is 1. The van der Waals surface area contributed by atoms with Crippen molar-refractivity contribution >= 4 is 26.0 Å². The second-order valence-corrected chi connectivity index (χ2v) is 15.3. The Kier molecular flexibility index (Phi) is 29.9. The molecule has 0 aromatic carbocycles. The summed E-state index contributed by atoms with van der Waals surface area (Å²) in [4.78, 5) is 47.5. The lowest BCUT2D eigenvalue weighted by Crippen LogP contribution is -2.37. The van der Waals surface area contributed by atoms with E-state index in [2.05, 4.69) is 6.92 Å². The number of carbonyl (C=O) groups is 3. The average molecular weight is 692 g/mol. The first-order valence-corrected chi connectivity index (χ1v) is 20.1. The van der Waals surface area contributed by atoms with E-state index in [1.807, 2.05) is 21.1 Å². The molecular weight excluding hydrogens is 621 g/mol. The maximum Gasteiger partial charge on any atom is 0.306 e. The van der Waals surface area contributed by atoms with Gasteiger partial charge in [-0.2, -0.15) is 0 Å². The second kappa shape index (κ2) is 30.7. The van der Waals surface area contributed by atoms with Crippen molar-refractivity contribution in [1.82, 2.24) is 0 Å². The van der Waals surface area contributed by atoms with Crippen molar-refractivity contribution in [3.05, 3.63) is 0 Å². The molecule has 11 heteroatoms. The monoisotopic (exact) mass is 691 g/mol. The molecule has 0 aliphatic heterocycles. The summed E-state index contributed by atoms with van der Waals surface area (Å²) in [6.07, 6.45) is 24.7. The minimum absolute atomic E-state index is 0.0401. The first-order valence-electron chi connectivity index (χ1n) is 18.7. The van der Waals surface area contributed by atoms with Crippen LogP contribution >= 0.6 is 7.82 Å². The van der Waals surface area contributed by atoms with Gasteiger partial charge in [0, 0.05) is 19.3 Å². The number of nitrogens with zero attached hydrogens (tertiary/aromatic N) is 1. The largest absolute Gasteiger partial charge is 0.756 e. The molecule has 0 fully saturated rings. The summed E-state index contributed by atoms with van der Waals surface area (Å²) in [5.41, 5.74) is 0. The Hall–Kier alpha value is -1.32. The Labute approximate surface area is 287 Å². The van der Waals surface area contributed by atoms with Crippen LogP contribution in [0.25, 0.3) is 0 Å². The summed E-state index contributed by atoms with van der Waals surface area (Å²) < 4.78 is 33.6. The molecule has 0 N–H and O–H groups in total. The van der Waals surface area contributed by atoms with Gasteiger partial charge in [-0.15, -0.1) is 0 Å². The molecule has 0 aliphatic rings. The summed E-state index contributed by atoms with van der Waals surface area (Å²) in [5.74, 6) is -0.878. The molecule has 0 rings (SSSR count). The summed E-state index contributed by atoms with van der Waals surface area (Å²) >= 11 is 0. The molecule has 47 heavy (non-hydrogen) atoms. The normalized spacial score (nSPS) is 13.6. The van der Waals surface area contributed by atoms with E-state index in [1.165, 1.54) is 64.2 Å². The van der Waals surface area contributed by atoms with Gasteiger partial charge in [0.05, 0.1) is 27.7 Å². The number of hydrogen-bond acceptors (Lipinski definition) is 9. The number of esters is 2. The van der Waals surface area contributed by atoms with E-state index >= 15 is 0 Å². The Balaban J connectivity index is 4.40. The quantitative estimate of drug-likeness (QED) is 0.0212. The number of carbonyl (C=O) groups excluding carboxylic acids is 3. The van der Waals surface area contributed by atoms with Gasteiger partial charge in [-0.1, -0.05) is 122 Å². The molecule has 278 valence electrons. The molecule has 10 nitrogen and oxygen atoms in total. The molecular formula is C36H70NO9P. The molecule has 0 radical (unpaired) electrons. The Morgan fingerprint density at radius 1 is 0.660 bits per heavy atom. The predicted octanol–water partition coefficient (Wildman–Crippen LogP) is 8.23. The maximum atomic E-state index is 12.5. The number of hydrogen-bond donors (Lipinski definition) is 0. The van der Waals surface area contributed by atoms with Crippen LogP contribution in [0, 0.1) is 0 Å². The van der Waals surface area contributed by atoms with Gasteiger partial charge in [0.2, 0.25) is 0 Å². The number of rotatable bonds is 35. The highest BCUT2D eigenvalue weighted by atomic mass is 31.2. The standard InChI is InChI=1S/C36H70NO9P/c1-5-6-7-8-9-10-11-12-13-15-18-21-24-27-35(39)43-32-34(33-45-47(41,42)44-31-29-37(2,3)4)46-36(40)28-25-22-19-16-14-17-20-23-26-30-38/h30,34H,5-29,31-33H2,1-4H3/t34-/m1/s1. The summed E-state index contributed by atoms with van der Waals surface area (Å²) in [5, 5.41) is 0. The molecule has 0 spiro atoms. The number of quaternary nitrogens is 1. The molecule has 2 atom stereocenters. The molecule has 0 bridgehead atoms. The van der Waals surface area contributed by atoms with Crippen molar-refractivity contribution in [3.63, 3.8) is 0 Å². The van der Waals surface area contributed by atoms with Gasteiger partial charge in [0.15, 0.2) is 6.10 Å². The van der Waals surface area contributed by atoms with Crippen LogP contribution in [0.3, 0.4) is 0 Å². The van der Waals surface area contributed by atoms with Gasteiger partial charge in [-0.05, 0) is 19.3 Å². The van der Waals surface area contributed by atoms with Crippen LogP contribution in [0.1, 0.15) is 161 Å². The zero-order valence-corrected chi connectivity index (χ0v) is 31.4. The van der Waals surface area contributed by atoms with E-state index in [0.717, 1.165) is 70.5 Å². The molecule has 0 aromatic rings. The van der Waals surface area contributed by atoms with Gasteiger partial charge in [-0.3, -0.25) is 14.2 Å². The van der Waals surface area contributed by atoms with Gasteiger partial charge in [-0.25, -0.2) is 0 Å². The van der Waals surface area contributed by atoms with Crippen LogP contribution in [-0.2, 0) is 37.5 Å². The first-order chi connectivity index (χ1) is 22.5. The fourth-order valence-corrected chi connectivity index (χ4v) is 5.83. The lowest BCUT2D eigenvalue weighted by atomic mass is 10.0. The SMILES string of the molecule is CCCCCCCCCCCCCCCC(=O)OC[C@H](COP(=O)([O-])OCC[N+](C)(C)C)OC(=O)CCCCCCCCCCC=O. The fraction of sp³-hybridized carbons (Fsp3) is 0.917. The molecule has 0 aliphatic carbocycles. The number of aldehydes is 1. The van der Waals surface area contributed by atoms with Crippen molar-refractivity contribution in [2.75, 3.05) is 47.5 Å². The molecule has 0 saturated heterocycles. The Morgan fingerprint density at radius 2 is 1.11 bits per heavy atom. The molecule has 0 saturated carbocycles. The van der Waals surface area contributed by atoms with Gasteiger partial charge in [0.1, 0.15) is 26.0 Å². The third-order valence-electron chi connectivity index (χ3n) is 8.10. The average Bonchev–Trinajstić information content (AvgIpc) is 3.01. The van der Waals surface area contributed by atoms with Gasteiger partial charge in [0.25, 0.3) is 7.82 Å². The van der Waals surface area contributed by atoms with Crippen LogP contribution in [0.4, 0.5) is 0 Å². The zero-order valence-electron chi connectivity index (χ0n) is 30.5. The van der Waals surface area contributed by atoms with E-state index in [4.69, 9.17) is 18.5 Å². The molecule has 0 heterocycles. The fourth-order valence-electron chi connectivity index (χ4n) is 5.10. The van der Waals surface area contributed by atoms with Gasteiger partial charge >= 0.3 is 11.9 Å². The van der Waals surface area contributed by atoms with Crippen molar-refractivity contribution < 1.29 is 46.8 Å². The summed E-state index contributed by atoms with van der Waals surface area (Å²) in [6, 6.07) is 0. The minimum Gasteiger partial charge on any atom is -0.756 e. The van der Waals surface area contributed by atoms with Crippen LogP contribution in [0.5, 0.6) is 0 Å². The van der Waals surface area contributed by atoms with E-state index in [1.54, 1.807) is 0 Å². The maximum absolute atomic E-state index is 12.5. The lowest BCUT2D eigenvalue weighted by Gasteiger charge is -2.28.